The Morgan fingerprint density at radius 1 is 1.24 bits per heavy atom. The maximum Gasteiger partial charge on any atom is 0.123 e. The van der Waals surface area contributed by atoms with E-state index in [-0.39, 0.29) is 5.82 Å². The standard InChI is InChI=1S/C18H29FN2/c1-3-13-20-18(15-8-10-16(19)11-9-15)12-14-21(2)17-6-4-5-7-17/h8-11,17-18,20H,3-7,12-14H2,1-2H3. The van der Waals surface area contributed by atoms with Crippen LogP contribution in [0.5, 0.6) is 0 Å². The van der Waals surface area contributed by atoms with E-state index in [2.05, 4.69) is 24.2 Å². The van der Waals surface area contributed by atoms with Gasteiger partial charge in [0, 0.05) is 12.1 Å². The van der Waals surface area contributed by atoms with Crippen molar-refractivity contribution in [2.75, 3.05) is 20.1 Å². The fraction of sp³-hybridized carbons (Fsp3) is 0.667. The highest BCUT2D eigenvalue weighted by Crippen LogP contribution is 2.24. The van der Waals surface area contributed by atoms with Crippen LogP contribution in [0.4, 0.5) is 4.39 Å². The zero-order valence-corrected chi connectivity index (χ0v) is 13.4. The van der Waals surface area contributed by atoms with Crippen molar-refractivity contribution in [3.05, 3.63) is 35.6 Å². The number of halogens is 1. The highest BCUT2D eigenvalue weighted by molar-refractivity contribution is 5.20. The number of rotatable bonds is 8. The monoisotopic (exact) mass is 292 g/mol. The molecule has 1 unspecified atom stereocenters. The summed E-state index contributed by atoms with van der Waals surface area (Å²) in [4.78, 5) is 2.51. The Hall–Kier alpha value is -0.930. The molecule has 3 heteroatoms. The summed E-state index contributed by atoms with van der Waals surface area (Å²) in [5.74, 6) is -0.156. The number of hydrogen-bond donors (Lipinski definition) is 1. The summed E-state index contributed by atoms with van der Waals surface area (Å²) in [6, 6.07) is 8.06. The van der Waals surface area contributed by atoms with Gasteiger partial charge in [0.1, 0.15) is 5.82 Å². The molecule has 1 atom stereocenters. The lowest BCUT2D eigenvalue weighted by molar-refractivity contribution is 0.231. The van der Waals surface area contributed by atoms with E-state index in [9.17, 15) is 4.39 Å². The largest absolute Gasteiger partial charge is 0.310 e. The lowest BCUT2D eigenvalue weighted by Gasteiger charge is -2.27. The first-order valence-electron chi connectivity index (χ1n) is 8.39. The molecule has 21 heavy (non-hydrogen) atoms. The van der Waals surface area contributed by atoms with Gasteiger partial charge in [-0.2, -0.15) is 0 Å². The number of hydrogen-bond acceptors (Lipinski definition) is 2. The lowest BCUT2D eigenvalue weighted by Crippen LogP contribution is -2.33. The topological polar surface area (TPSA) is 15.3 Å². The Labute approximate surface area is 128 Å². The molecule has 0 spiro atoms. The van der Waals surface area contributed by atoms with Gasteiger partial charge in [0.2, 0.25) is 0 Å². The van der Waals surface area contributed by atoms with Crippen molar-refractivity contribution in [3.8, 4) is 0 Å². The molecule has 0 heterocycles. The third kappa shape index (κ3) is 5.08. The van der Waals surface area contributed by atoms with Crippen molar-refractivity contribution in [1.82, 2.24) is 10.2 Å². The highest BCUT2D eigenvalue weighted by atomic mass is 19.1. The molecule has 0 aromatic heterocycles. The van der Waals surface area contributed by atoms with Gasteiger partial charge in [-0.1, -0.05) is 31.9 Å². The van der Waals surface area contributed by atoms with Crippen LogP contribution in [-0.2, 0) is 0 Å². The summed E-state index contributed by atoms with van der Waals surface area (Å²) >= 11 is 0. The minimum Gasteiger partial charge on any atom is -0.310 e. The molecular weight excluding hydrogens is 263 g/mol. The molecule has 0 amide bonds. The second-order valence-electron chi connectivity index (χ2n) is 6.27. The molecule has 118 valence electrons. The minimum absolute atomic E-state index is 0.156. The van der Waals surface area contributed by atoms with E-state index in [4.69, 9.17) is 0 Å². The van der Waals surface area contributed by atoms with Crippen LogP contribution >= 0.6 is 0 Å². The molecule has 1 aliphatic carbocycles. The molecule has 0 radical (unpaired) electrons. The summed E-state index contributed by atoms with van der Waals surface area (Å²) in [5, 5.41) is 3.60. The van der Waals surface area contributed by atoms with E-state index >= 15 is 0 Å². The van der Waals surface area contributed by atoms with Crippen LogP contribution in [0, 0.1) is 5.82 Å². The van der Waals surface area contributed by atoms with Gasteiger partial charge in [-0.25, -0.2) is 4.39 Å². The maximum absolute atomic E-state index is 13.1. The van der Waals surface area contributed by atoms with Crippen LogP contribution in [-0.4, -0.2) is 31.1 Å². The first kappa shape index (κ1) is 16.4. The van der Waals surface area contributed by atoms with Crippen LogP contribution in [0.3, 0.4) is 0 Å². The molecular formula is C18H29FN2. The van der Waals surface area contributed by atoms with Crippen LogP contribution in [0.25, 0.3) is 0 Å². The van der Waals surface area contributed by atoms with Gasteiger partial charge in [-0.15, -0.1) is 0 Å². The van der Waals surface area contributed by atoms with Crippen molar-refractivity contribution < 1.29 is 4.39 Å². The molecule has 0 saturated heterocycles. The van der Waals surface area contributed by atoms with Gasteiger partial charge in [0.05, 0.1) is 0 Å². The second-order valence-corrected chi connectivity index (χ2v) is 6.27. The van der Waals surface area contributed by atoms with E-state index in [0.717, 1.165) is 32.0 Å². The Morgan fingerprint density at radius 2 is 1.90 bits per heavy atom. The summed E-state index contributed by atoms with van der Waals surface area (Å²) < 4.78 is 13.1. The molecule has 1 aromatic carbocycles. The SMILES string of the molecule is CCCNC(CCN(C)C1CCCC1)c1ccc(F)cc1. The van der Waals surface area contributed by atoms with Gasteiger partial charge < -0.3 is 10.2 Å². The maximum atomic E-state index is 13.1. The molecule has 0 aliphatic heterocycles. The van der Waals surface area contributed by atoms with Crippen LogP contribution in [0.2, 0.25) is 0 Å². The van der Waals surface area contributed by atoms with Gasteiger partial charge in [0.25, 0.3) is 0 Å². The zero-order valence-electron chi connectivity index (χ0n) is 13.4. The van der Waals surface area contributed by atoms with E-state index in [1.807, 2.05) is 12.1 Å². The number of benzene rings is 1. The molecule has 1 fully saturated rings. The number of nitrogens with one attached hydrogen (secondary N) is 1. The van der Waals surface area contributed by atoms with Crippen molar-refractivity contribution in [2.45, 2.75) is 57.5 Å². The smallest absolute Gasteiger partial charge is 0.123 e. The van der Waals surface area contributed by atoms with Crippen molar-refractivity contribution in [1.29, 1.82) is 0 Å². The van der Waals surface area contributed by atoms with Crippen molar-refractivity contribution in [2.24, 2.45) is 0 Å². The molecule has 1 saturated carbocycles. The summed E-state index contributed by atoms with van der Waals surface area (Å²) in [7, 11) is 2.25. The molecule has 2 rings (SSSR count). The summed E-state index contributed by atoms with van der Waals surface area (Å²) in [5.41, 5.74) is 1.20. The Kier molecular flexibility index (Phi) is 6.65. The van der Waals surface area contributed by atoms with E-state index in [0.29, 0.717) is 6.04 Å². The predicted molar refractivity (Wildman–Crippen MR) is 86.9 cm³/mol. The average Bonchev–Trinajstić information content (AvgIpc) is 3.03. The van der Waals surface area contributed by atoms with Crippen LogP contribution in [0.15, 0.2) is 24.3 Å². The van der Waals surface area contributed by atoms with E-state index < -0.39 is 0 Å². The fourth-order valence-electron chi connectivity index (χ4n) is 3.26. The Balaban J connectivity index is 1.90. The van der Waals surface area contributed by atoms with Gasteiger partial charge in [0.15, 0.2) is 0 Å². The Bertz CT molecular complexity index is 398. The van der Waals surface area contributed by atoms with Crippen molar-refractivity contribution in [3.63, 3.8) is 0 Å². The van der Waals surface area contributed by atoms with Crippen LogP contribution in [0.1, 0.15) is 57.1 Å². The molecule has 1 aliphatic rings. The van der Waals surface area contributed by atoms with Crippen LogP contribution < -0.4 is 5.32 Å². The van der Waals surface area contributed by atoms with Gasteiger partial charge in [-0.3, -0.25) is 0 Å². The van der Waals surface area contributed by atoms with Gasteiger partial charge >= 0.3 is 0 Å². The second kappa shape index (κ2) is 8.50. The van der Waals surface area contributed by atoms with E-state index in [1.165, 1.54) is 31.2 Å². The third-order valence-electron chi connectivity index (χ3n) is 4.63. The zero-order chi connectivity index (χ0) is 15.1. The minimum atomic E-state index is -0.156. The molecule has 1 aromatic rings. The first-order valence-corrected chi connectivity index (χ1v) is 8.39. The molecule has 1 N–H and O–H groups in total. The normalized spacial score (nSPS) is 17.5. The molecule has 2 nitrogen and oxygen atoms in total. The van der Waals surface area contributed by atoms with Gasteiger partial charge in [-0.05, 0) is 63.5 Å². The average molecular weight is 292 g/mol. The predicted octanol–water partition coefficient (Wildman–Crippen LogP) is 4.13. The third-order valence-corrected chi connectivity index (χ3v) is 4.63. The molecule has 0 bridgehead atoms. The highest BCUT2D eigenvalue weighted by Gasteiger charge is 2.20. The van der Waals surface area contributed by atoms with Crippen molar-refractivity contribution >= 4 is 0 Å². The summed E-state index contributed by atoms with van der Waals surface area (Å²) in [6.07, 6.45) is 7.66. The first-order chi connectivity index (χ1) is 10.2. The summed E-state index contributed by atoms with van der Waals surface area (Å²) in [6.45, 7) is 4.29. The Morgan fingerprint density at radius 3 is 2.52 bits per heavy atom. The quantitative estimate of drug-likeness (QED) is 0.775. The van der Waals surface area contributed by atoms with E-state index in [1.54, 1.807) is 12.1 Å². The lowest BCUT2D eigenvalue weighted by atomic mass is 10.0. The number of nitrogens with zero attached hydrogens (tertiary/aromatic N) is 1. The fourth-order valence-corrected chi connectivity index (χ4v) is 3.26.